The molecule has 0 radical (unpaired) electrons. The van der Waals surface area contributed by atoms with Crippen LogP contribution >= 0.6 is 11.3 Å². The van der Waals surface area contributed by atoms with Gasteiger partial charge in [0.1, 0.15) is 4.88 Å². The van der Waals surface area contributed by atoms with Gasteiger partial charge in [0.2, 0.25) is 11.0 Å². The largest absolute Gasteiger partial charge is 0.492 e. The Labute approximate surface area is 164 Å². The van der Waals surface area contributed by atoms with Gasteiger partial charge in [-0.3, -0.25) is 9.52 Å². The molecule has 9 heteroatoms. The average Bonchev–Trinajstić information content (AvgIpc) is 3.12. The molecule has 0 spiro atoms. The number of carbonyl (C=O) groups is 1. The van der Waals surface area contributed by atoms with E-state index in [1.165, 1.54) is 12.1 Å². The van der Waals surface area contributed by atoms with Crippen LogP contribution in [-0.2, 0) is 14.8 Å². The average molecular weight is 413 g/mol. The van der Waals surface area contributed by atoms with Crippen LogP contribution in [-0.4, -0.2) is 24.4 Å². The normalized spacial score (nSPS) is 13.4. The zero-order valence-electron chi connectivity index (χ0n) is 14.9. The fourth-order valence-corrected chi connectivity index (χ4v) is 5.00. The summed E-state index contributed by atoms with van der Waals surface area (Å²) in [7, 11) is -3.87. The minimum absolute atomic E-state index is 0.0329. The molecule has 1 aliphatic rings. The lowest BCUT2D eigenvalue weighted by atomic mass is 10.1. The van der Waals surface area contributed by atoms with E-state index in [-0.39, 0.29) is 20.5 Å². The molecule has 1 aliphatic heterocycles. The van der Waals surface area contributed by atoms with Crippen molar-refractivity contribution in [1.29, 1.82) is 0 Å². The lowest BCUT2D eigenvalue weighted by molar-refractivity contribution is -0.112. The summed E-state index contributed by atoms with van der Waals surface area (Å²) in [5, 5.41) is 11.3. The third kappa shape index (κ3) is 3.19. The van der Waals surface area contributed by atoms with Crippen LogP contribution in [0.3, 0.4) is 0 Å². The number of hydrogen-bond acceptors (Lipinski definition) is 6. The van der Waals surface area contributed by atoms with Crippen molar-refractivity contribution in [2.75, 3.05) is 4.72 Å². The highest BCUT2D eigenvalue weighted by Crippen LogP contribution is 2.35. The Morgan fingerprint density at radius 3 is 2.43 bits per heavy atom. The minimum atomic E-state index is -3.87. The third-order valence-corrected chi connectivity index (χ3v) is 6.71. The smallest absolute Gasteiger partial charge is 0.279 e. The highest BCUT2D eigenvalue weighted by molar-refractivity contribution is 7.93. The second-order valence-electron chi connectivity index (χ2n) is 6.40. The Hall–Kier alpha value is -3.04. The van der Waals surface area contributed by atoms with Crippen LogP contribution in [0.5, 0.6) is 5.88 Å². The van der Waals surface area contributed by atoms with Crippen molar-refractivity contribution < 1.29 is 18.3 Å². The van der Waals surface area contributed by atoms with Crippen molar-refractivity contribution in [1.82, 2.24) is 4.98 Å². The number of fused-ring (bicyclic) bond motifs is 1. The molecule has 0 atom stereocenters. The summed E-state index contributed by atoms with van der Waals surface area (Å²) >= 11 is 0.885. The van der Waals surface area contributed by atoms with Gasteiger partial charge in [-0.15, -0.1) is 0 Å². The number of carbonyl (C=O) groups excluding carboxylic acids is 1. The van der Waals surface area contributed by atoms with Gasteiger partial charge >= 0.3 is 0 Å². The van der Waals surface area contributed by atoms with E-state index in [1.54, 1.807) is 24.3 Å². The molecule has 1 amide bonds. The number of rotatable bonds is 4. The zero-order chi connectivity index (χ0) is 20.1. The van der Waals surface area contributed by atoms with Gasteiger partial charge in [0.25, 0.3) is 15.9 Å². The number of aromatic hydroxyl groups is 1. The lowest BCUT2D eigenvalue weighted by Gasteiger charge is -2.05. The van der Waals surface area contributed by atoms with Gasteiger partial charge in [-0.25, -0.2) is 13.4 Å². The van der Waals surface area contributed by atoms with Crippen molar-refractivity contribution in [2.24, 2.45) is 4.99 Å². The molecule has 0 fully saturated rings. The molecule has 0 bridgehead atoms. The Balaban J connectivity index is 1.76. The van der Waals surface area contributed by atoms with E-state index in [0.29, 0.717) is 10.6 Å². The number of nitrogens with zero attached hydrogens (tertiary/aromatic N) is 2. The van der Waals surface area contributed by atoms with E-state index in [0.717, 1.165) is 22.5 Å². The predicted molar refractivity (Wildman–Crippen MR) is 105 cm³/mol. The fourth-order valence-electron chi connectivity index (χ4n) is 2.86. The number of sulfonamides is 1. The molecule has 142 valence electrons. The Bertz CT molecular complexity index is 1340. The number of benzene rings is 2. The van der Waals surface area contributed by atoms with Gasteiger partial charge in [0, 0.05) is 5.22 Å². The van der Waals surface area contributed by atoms with Crippen molar-refractivity contribution in [2.45, 2.75) is 18.7 Å². The van der Waals surface area contributed by atoms with E-state index >= 15 is 0 Å². The minimum Gasteiger partial charge on any atom is -0.492 e. The first-order valence-corrected chi connectivity index (χ1v) is 10.6. The maximum absolute atomic E-state index is 12.5. The molecule has 7 nitrogen and oxygen atoms in total. The number of nitrogens with one attached hydrogen (secondary N) is 1. The molecule has 0 aliphatic carbocycles. The first-order valence-electron chi connectivity index (χ1n) is 8.28. The van der Waals surface area contributed by atoms with E-state index in [9.17, 15) is 18.3 Å². The number of aromatic nitrogens is 1. The Morgan fingerprint density at radius 2 is 1.71 bits per heavy atom. The summed E-state index contributed by atoms with van der Waals surface area (Å²) in [6.07, 6.45) is 0. The topological polar surface area (TPSA) is 109 Å². The van der Waals surface area contributed by atoms with E-state index < -0.39 is 21.8 Å². The van der Waals surface area contributed by atoms with E-state index in [2.05, 4.69) is 14.7 Å². The number of amides is 1. The molecule has 0 saturated carbocycles. The summed E-state index contributed by atoms with van der Waals surface area (Å²) in [5.41, 5.74) is 2.09. The molecule has 28 heavy (non-hydrogen) atoms. The number of thiazole rings is 1. The second kappa shape index (κ2) is 6.54. The molecule has 0 unspecified atom stereocenters. The van der Waals surface area contributed by atoms with Crippen LogP contribution in [0.4, 0.5) is 5.13 Å². The number of hydrogen-bond donors (Lipinski definition) is 2. The van der Waals surface area contributed by atoms with Gasteiger partial charge in [0.15, 0.2) is 0 Å². The van der Waals surface area contributed by atoms with Crippen molar-refractivity contribution >= 4 is 38.0 Å². The van der Waals surface area contributed by atoms with E-state index in [1.807, 2.05) is 19.9 Å². The summed E-state index contributed by atoms with van der Waals surface area (Å²) in [4.78, 5) is 20.5. The summed E-state index contributed by atoms with van der Waals surface area (Å²) in [5.74, 6) is -0.910. The molecule has 1 aromatic heterocycles. The monoisotopic (exact) mass is 413 g/mol. The van der Waals surface area contributed by atoms with Gasteiger partial charge in [0.05, 0.1) is 15.8 Å². The second-order valence-corrected chi connectivity index (χ2v) is 9.08. The van der Waals surface area contributed by atoms with Gasteiger partial charge in [-0.05, 0) is 38.1 Å². The molecule has 0 saturated heterocycles. The first kappa shape index (κ1) is 18.3. The number of aryl methyl sites for hydroxylation is 2. The third-order valence-electron chi connectivity index (χ3n) is 4.25. The molecule has 2 aromatic carbocycles. The maximum Gasteiger partial charge on any atom is 0.279 e. The van der Waals surface area contributed by atoms with Crippen LogP contribution in [0.1, 0.15) is 16.0 Å². The van der Waals surface area contributed by atoms with Crippen molar-refractivity contribution in [3.05, 3.63) is 69.0 Å². The molecular weight excluding hydrogens is 398 g/mol. The lowest BCUT2D eigenvalue weighted by Crippen LogP contribution is -2.23. The van der Waals surface area contributed by atoms with Gasteiger partial charge in [-0.1, -0.05) is 40.7 Å². The SMILES string of the molecule is Cc1ccc(S(=O)(=O)Nc2nc(O)c(C3=c4cc(C)ccc4=NC3=O)s2)cc1. The molecule has 3 aromatic rings. The quantitative estimate of drug-likeness (QED) is 0.676. The zero-order valence-corrected chi connectivity index (χ0v) is 16.6. The molecule has 4 rings (SSSR count). The highest BCUT2D eigenvalue weighted by atomic mass is 32.2. The molecule has 2 heterocycles. The van der Waals surface area contributed by atoms with Gasteiger partial charge in [-0.2, -0.15) is 4.98 Å². The Morgan fingerprint density at radius 1 is 1.04 bits per heavy atom. The summed E-state index contributed by atoms with van der Waals surface area (Å²) in [6, 6.07) is 11.7. The highest BCUT2D eigenvalue weighted by Gasteiger charge is 2.26. The van der Waals surface area contributed by atoms with Crippen molar-refractivity contribution in [3.8, 4) is 5.88 Å². The van der Waals surface area contributed by atoms with Crippen molar-refractivity contribution in [3.63, 3.8) is 0 Å². The Kier molecular flexibility index (Phi) is 4.28. The van der Waals surface area contributed by atoms with Gasteiger partial charge < -0.3 is 5.11 Å². The number of anilines is 1. The van der Waals surface area contributed by atoms with Crippen LogP contribution in [0.25, 0.3) is 5.57 Å². The summed E-state index contributed by atoms with van der Waals surface area (Å²) < 4.78 is 27.4. The summed E-state index contributed by atoms with van der Waals surface area (Å²) in [6.45, 7) is 3.74. The molecule has 2 N–H and O–H groups in total. The van der Waals surface area contributed by atoms with Crippen LogP contribution in [0.15, 0.2) is 52.4 Å². The standard InChI is InChI=1S/C19H15N3O4S2/c1-10-3-6-12(7-4-10)28(25,26)22-19-21-18(24)16(27-19)15-13-9-11(2)5-8-14(13)20-17(15)23/h3-9,24H,1-2H3,(H,21,22). The molecular formula is C19H15N3O4S2. The predicted octanol–water partition coefficient (Wildman–Crippen LogP) is 1.63. The van der Waals surface area contributed by atoms with Crippen LogP contribution in [0.2, 0.25) is 0 Å². The van der Waals surface area contributed by atoms with E-state index in [4.69, 9.17) is 0 Å². The van der Waals surface area contributed by atoms with Crippen LogP contribution in [0, 0.1) is 13.8 Å². The maximum atomic E-state index is 12.5. The van der Waals surface area contributed by atoms with Crippen LogP contribution < -0.4 is 15.3 Å². The first-order chi connectivity index (χ1) is 13.2. The fraction of sp³-hybridized carbons (Fsp3) is 0.105.